The van der Waals surface area contributed by atoms with E-state index in [2.05, 4.69) is 28.8 Å². The summed E-state index contributed by atoms with van der Waals surface area (Å²) in [6, 6.07) is 28.8. The molecule has 8 nitrogen and oxygen atoms in total. The molecule has 0 bridgehead atoms. The SMILES string of the molecule is CCOc1ccc(C2C(C(=O)Nc3ccccc3OC)=C(C)Nc3nc(-c4cccc5ccccc45)nn32)cc1. The third-order valence-corrected chi connectivity index (χ3v) is 6.99. The number of methoxy groups -OCH3 is 1. The van der Waals surface area contributed by atoms with Crippen molar-refractivity contribution >= 4 is 28.3 Å². The normalized spacial score (nSPS) is 14.4. The molecule has 200 valence electrons. The molecule has 1 aliphatic rings. The van der Waals surface area contributed by atoms with E-state index in [4.69, 9.17) is 19.6 Å². The minimum atomic E-state index is -0.530. The number of amides is 1. The van der Waals surface area contributed by atoms with E-state index < -0.39 is 6.04 Å². The Bertz CT molecular complexity index is 1730. The first-order valence-electron chi connectivity index (χ1n) is 13.2. The van der Waals surface area contributed by atoms with Crippen LogP contribution in [0.1, 0.15) is 25.5 Å². The van der Waals surface area contributed by atoms with E-state index in [-0.39, 0.29) is 5.91 Å². The molecule has 40 heavy (non-hydrogen) atoms. The van der Waals surface area contributed by atoms with Crippen molar-refractivity contribution in [3.8, 4) is 22.9 Å². The largest absolute Gasteiger partial charge is 0.495 e. The lowest BCUT2D eigenvalue weighted by atomic mass is 9.95. The average molecular weight is 532 g/mol. The number of nitrogens with zero attached hydrogens (tertiary/aromatic N) is 3. The van der Waals surface area contributed by atoms with Gasteiger partial charge in [0.25, 0.3) is 5.91 Å². The van der Waals surface area contributed by atoms with Crippen LogP contribution < -0.4 is 20.1 Å². The van der Waals surface area contributed by atoms with Crippen molar-refractivity contribution in [1.82, 2.24) is 14.8 Å². The minimum Gasteiger partial charge on any atom is -0.495 e. The third-order valence-electron chi connectivity index (χ3n) is 6.99. The Morgan fingerprint density at radius 3 is 2.52 bits per heavy atom. The Balaban J connectivity index is 1.46. The highest BCUT2D eigenvalue weighted by molar-refractivity contribution is 6.06. The average Bonchev–Trinajstić information content (AvgIpc) is 3.40. The first-order chi connectivity index (χ1) is 19.6. The molecule has 5 aromatic rings. The van der Waals surface area contributed by atoms with Crippen molar-refractivity contribution in [2.24, 2.45) is 0 Å². The zero-order valence-electron chi connectivity index (χ0n) is 22.5. The number of allylic oxidation sites excluding steroid dienone is 1. The lowest BCUT2D eigenvalue weighted by molar-refractivity contribution is -0.113. The number of aromatic nitrogens is 3. The summed E-state index contributed by atoms with van der Waals surface area (Å²) in [4.78, 5) is 18.8. The first-order valence-corrected chi connectivity index (χ1v) is 13.2. The molecule has 8 heteroatoms. The second-order valence-corrected chi connectivity index (χ2v) is 9.45. The van der Waals surface area contributed by atoms with Crippen LogP contribution in [0.25, 0.3) is 22.2 Å². The van der Waals surface area contributed by atoms with Gasteiger partial charge in [-0.15, -0.1) is 5.10 Å². The molecule has 1 unspecified atom stereocenters. The van der Waals surface area contributed by atoms with Gasteiger partial charge < -0.3 is 20.1 Å². The predicted octanol–water partition coefficient (Wildman–Crippen LogP) is 6.43. The Morgan fingerprint density at radius 1 is 0.975 bits per heavy atom. The fourth-order valence-electron chi connectivity index (χ4n) is 5.14. The summed E-state index contributed by atoms with van der Waals surface area (Å²) in [5.74, 6) is 2.22. The van der Waals surface area contributed by atoms with Gasteiger partial charge in [-0.1, -0.05) is 66.7 Å². The summed E-state index contributed by atoms with van der Waals surface area (Å²) in [6.07, 6.45) is 0. The molecule has 2 heterocycles. The zero-order valence-corrected chi connectivity index (χ0v) is 22.5. The van der Waals surface area contributed by atoms with Crippen LogP contribution in [-0.2, 0) is 4.79 Å². The maximum Gasteiger partial charge on any atom is 0.255 e. The topological polar surface area (TPSA) is 90.3 Å². The van der Waals surface area contributed by atoms with E-state index in [1.165, 1.54) is 0 Å². The monoisotopic (exact) mass is 531 g/mol. The summed E-state index contributed by atoms with van der Waals surface area (Å²) >= 11 is 0. The number of nitrogens with one attached hydrogen (secondary N) is 2. The van der Waals surface area contributed by atoms with E-state index in [0.717, 1.165) is 27.6 Å². The third kappa shape index (κ3) is 4.53. The van der Waals surface area contributed by atoms with Crippen molar-refractivity contribution in [2.45, 2.75) is 19.9 Å². The molecule has 6 rings (SSSR count). The molecular formula is C32H29N5O3. The molecule has 0 radical (unpaired) electrons. The van der Waals surface area contributed by atoms with Crippen LogP contribution >= 0.6 is 0 Å². The van der Waals surface area contributed by atoms with Crippen LogP contribution in [0.3, 0.4) is 0 Å². The number of anilines is 2. The highest BCUT2D eigenvalue weighted by Gasteiger charge is 2.35. The van der Waals surface area contributed by atoms with Crippen LogP contribution in [-0.4, -0.2) is 34.4 Å². The first kappa shape index (κ1) is 25.2. The predicted molar refractivity (Wildman–Crippen MR) is 157 cm³/mol. The number of para-hydroxylation sites is 2. The van der Waals surface area contributed by atoms with Gasteiger partial charge >= 0.3 is 0 Å². The molecule has 1 amide bonds. The smallest absolute Gasteiger partial charge is 0.255 e. The maximum atomic E-state index is 13.9. The molecule has 0 saturated carbocycles. The second-order valence-electron chi connectivity index (χ2n) is 9.45. The molecule has 0 aliphatic carbocycles. The summed E-state index contributed by atoms with van der Waals surface area (Å²) < 4.78 is 12.9. The van der Waals surface area contributed by atoms with Gasteiger partial charge in [-0.2, -0.15) is 4.98 Å². The number of hydrogen-bond acceptors (Lipinski definition) is 6. The van der Waals surface area contributed by atoms with E-state index in [0.29, 0.717) is 41.1 Å². The molecule has 0 fully saturated rings. The number of benzene rings is 4. The van der Waals surface area contributed by atoms with Gasteiger partial charge in [0, 0.05) is 11.3 Å². The van der Waals surface area contributed by atoms with Crippen LogP contribution in [0.15, 0.2) is 102 Å². The van der Waals surface area contributed by atoms with Gasteiger partial charge in [-0.25, -0.2) is 4.68 Å². The minimum absolute atomic E-state index is 0.263. The molecule has 2 N–H and O–H groups in total. The Hall–Kier alpha value is -5.11. The van der Waals surface area contributed by atoms with Crippen LogP contribution in [0, 0.1) is 0 Å². The van der Waals surface area contributed by atoms with Gasteiger partial charge in [-0.3, -0.25) is 4.79 Å². The molecule has 4 aromatic carbocycles. The summed E-state index contributed by atoms with van der Waals surface area (Å²) in [7, 11) is 1.58. The highest BCUT2D eigenvalue weighted by Crippen LogP contribution is 2.38. The van der Waals surface area contributed by atoms with E-state index in [1.807, 2.05) is 86.6 Å². The van der Waals surface area contributed by atoms with Crippen molar-refractivity contribution in [3.05, 3.63) is 108 Å². The Kier molecular flexibility index (Phi) is 6.66. The van der Waals surface area contributed by atoms with Gasteiger partial charge in [0.2, 0.25) is 5.95 Å². The Labute approximate surface area is 232 Å². The lowest BCUT2D eigenvalue weighted by Crippen LogP contribution is -2.31. The number of rotatable bonds is 7. The molecule has 1 aliphatic heterocycles. The maximum absolute atomic E-state index is 13.9. The summed E-state index contributed by atoms with van der Waals surface area (Å²) in [6.45, 7) is 4.40. The quantitative estimate of drug-likeness (QED) is 0.251. The van der Waals surface area contributed by atoms with Crippen LogP contribution in [0.4, 0.5) is 11.6 Å². The number of carbonyl (C=O) groups excluding carboxylic acids is 1. The fourth-order valence-corrected chi connectivity index (χ4v) is 5.14. The second kappa shape index (κ2) is 10.6. The number of ether oxygens (including phenoxy) is 2. The molecule has 0 spiro atoms. The Morgan fingerprint density at radius 2 is 1.73 bits per heavy atom. The van der Waals surface area contributed by atoms with Gasteiger partial charge in [0.1, 0.15) is 17.5 Å². The van der Waals surface area contributed by atoms with E-state index in [1.54, 1.807) is 11.8 Å². The standard InChI is InChI=1S/C32H29N5O3/c1-4-40-23-18-16-22(17-19-23)29-28(31(38)34-26-14-7-8-15-27(26)39-3)20(2)33-32-35-30(36-37(29)32)25-13-9-11-21-10-5-6-12-24(21)25/h5-19,29H,4H2,1-3H3,(H,34,38)(H,33,35,36). The zero-order chi connectivity index (χ0) is 27.6. The lowest BCUT2D eigenvalue weighted by Gasteiger charge is -2.29. The fraction of sp³-hybridized carbons (Fsp3) is 0.156. The van der Waals surface area contributed by atoms with Gasteiger partial charge in [0.15, 0.2) is 5.82 Å². The molecule has 1 atom stereocenters. The number of hydrogen-bond donors (Lipinski definition) is 2. The van der Waals surface area contributed by atoms with Crippen LogP contribution in [0.5, 0.6) is 11.5 Å². The molecule has 1 aromatic heterocycles. The number of fused-ring (bicyclic) bond motifs is 2. The van der Waals surface area contributed by atoms with Gasteiger partial charge in [-0.05, 0) is 54.4 Å². The van der Waals surface area contributed by atoms with Crippen LogP contribution in [0.2, 0.25) is 0 Å². The van der Waals surface area contributed by atoms with Crippen molar-refractivity contribution in [3.63, 3.8) is 0 Å². The van der Waals surface area contributed by atoms with E-state index >= 15 is 0 Å². The van der Waals surface area contributed by atoms with Crippen molar-refractivity contribution < 1.29 is 14.3 Å². The molecule has 0 saturated heterocycles. The van der Waals surface area contributed by atoms with Gasteiger partial charge in [0.05, 0.1) is 25.0 Å². The highest BCUT2D eigenvalue weighted by atomic mass is 16.5. The number of carbonyl (C=O) groups is 1. The van der Waals surface area contributed by atoms with Crippen molar-refractivity contribution in [2.75, 3.05) is 24.4 Å². The summed E-state index contributed by atoms with van der Waals surface area (Å²) in [5, 5.41) is 13.5. The summed E-state index contributed by atoms with van der Waals surface area (Å²) in [5.41, 5.74) is 3.60. The molecular weight excluding hydrogens is 502 g/mol. The van der Waals surface area contributed by atoms with Crippen molar-refractivity contribution in [1.29, 1.82) is 0 Å². The van der Waals surface area contributed by atoms with E-state index in [9.17, 15) is 4.79 Å².